The SMILES string of the molecule is O=C(CCCC[C@@H]1CCSS1)NC1CCN(Cc2ccccc2)CC1. The molecule has 1 N–H and O–H groups in total. The van der Waals surface area contributed by atoms with E-state index in [0.717, 1.165) is 44.1 Å². The number of benzene rings is 1. The summed E-state index contributed by atoms with van der Waals surface area (Å²) in [6.07, 6.45) is 7.73. The molecule has 3 nitrogen and oxygen atoms in total. The van der Waals surface area contributed by atoms with Crippen LogP contribution in [0.2, 0.25) is 0 Å². The highest BCUT2D eigenvalue weighted by molar-refractivity contribution is 8.77. The predicted molar refractivity (Wildman–Crippen MR) is 110 cm³/mol. The number of rotatable bonds is 8. The summed E-state index contributed by atoms with van der Waals surface area (Å²) in [6, 6.07) is 11.0. The van der Waals surface area contributed by atoms with Gasteiger partial charge < -0.3 is 5.32 Å². The summed E-state index contributed by atoms with van der Waals surface area (Å²) in [4.78, 5) is 14.6. The van der Waals surface area contributed by atoms with Gasteiger partial charge in [-0.3, -0.25) is 9.69 Å². The monoisotopic (exact) mass is 378 g/mol. The minimum absolute atomic E-state index is 0.259. The Labute approximate surface area is 160 Å². The zero-order chi connectivity index (χ0) is 17.3. The minimum atomic E-state index is 0.259. The smallest absolute Gasteiger partial charge is 0.220 e. The summed E-state index contributed by atoms with van der Waals surface area (Å²) >= 11 is 0. The fourth-order valence-corrected chi connectivity index (χ4v) is 6.63. The number of hydrogen-bond acceptors (Lipinski definition) is 4. The van der Waals surface area contributed by atoms with Gasteiger partial charge in [-0.2, -0.15) is 0 Å². The van der Waals surface area contributed by atoms with Crippen molar-refractivity contribution >= 4 is 27.5 Å². The number of likely N-dealkylation sites (tertiary alicyclic amines) is 1. The molecule has 2 heterocycles. The molecule has 138 valence electrons. The molecule has 0 aliphatic carbocycles. The van der Waals surface area contributed by atoms with E-state index >= 15 is 0 Å². The molecule has 5 heteroatoms. The highest BCUT2D eigenvalue weighted by atomic mass is 33.1. The Morgan fingerprint density at radius 2 is 1.92 bits per heavy atom. The van der Waals surface area contributed by atoms with E-state index in [1.807, 2.05) is 21.6 Å². The van der Waals surface area contributed by atoms with Crippen molar-refractivity contribution in [3.8, 4) is 0 Å². The molecular weight excluding hydrogens is 348 g/mol. The number of piperidine rings is 1. The van der Waals surface area contributed by atoms with Crippen molar-refractivity contribution in [3.05, 3.63) is 35.9 Å². The number of unbranched alkanes of at least 4 members (excludes halogenated alkanes) is 1. The molecule has 0 bridgehead atoms. The third kappa shape index (κ3) is 6.87. The van der Waals surface area contributed by atoms with Crippen LogP contribution in [0.5, 0.6) is 0 Å². The lowest BCUT2D eigenvalue weighted by molar-refractivity contribution is -0.122. The first kappa shape index (κ1) is 19.1. The van der Waals surface area contributed by atoms with E-state index in [0.29, 0.717) is 12.5 Å². The molecular formula is C20H30N2OS2. The first-order chi connectivity index (χ1) is 12.3. The van der Waals surface area contributed by atoms with Gasteiger partial charge in [0.15, 0.2) is 0 Å². The molecule has 0 aromatic heterocycles. The van der Waals surface area contributed by atoms with Crippen LogP contribution in [0.25, 0.3) is 0 Å². The Kier molecular flexibility index (Phi) is 8.02. The summed E-state index contributed by atoms with van der Waals surface area (Å²) in [5, 5.41) is 4.09. The van der Waals surface area contributed by atoms with Crippen molar-refractivity contribution in [2.75, 3.05) is 18.8 Å². The third-order valence-corrected chi connectivity index (χ3v) is 8.12. The molecule has 0 unspecified atom stereocenters. The topological polar surface area (TPSA) is 32.3 Å². The van der Waals surface area contributed by atoms with Crippen molar-refractivity contribution in [3.63, 3.8) is 0 Å². The van der Waals surface area contributed by atoms with E-state index in [2.05, 4.69) is 40.5 Å². The molecule has 0 radical (unpaired) electrons. The van der Waals surface area contributed by atoms with Crippen molar-refractivity contribution in [1.29, 1.82) is 0 Å². The lowest BCUT2D eigenvalue weighted by Gasteiger charge is -2.32. The number of carbonyl (C=O) groups is 1. The number of hydrogen-bond donors (Lipinski definition) is 1. The largest absolute Gasteiger partial charge is 0.353 e. The molecule has 2 aliphatic rings. The molecule has 1 aromatic carbocycles. The summed E-state index contributed by atoms with van der Waals surface area (Å²) in [5.41, 5.74) is 1.38. The molecule has 25 heavy (non-hydrogen) atoms. The van der Waals surface area contributed by atoms with Gasteiger partial charge in [-0.1, -0.05) is 58.3 Å². The van der Waals surface area contributed by atoms with Crippen LogP contribution in [0.15, 0.2) is 30.3 Å². The maximum Gasteiger partial charge on any atom is 0.220 e. The van der Waals surface area contributed by atoms with Crippen LogP contribution in [0.4, 0.5) is 0 Å². The van der Waals surface area contributed by atoms with Gasteiger partial charge in [0.1, 0.15) is 0 Å². The Bertz CT molecular complexity index is 512. The lowest BCUT2D eigenvalue weighted by atomic mass is 10.0. The molecule has 0 spiro atoms. The maximum absolute atomic E-state index is 12.1. The molecule has 1 atom stereocenters. The summed E-state index contributed by atoms with van der Waals surface area (Å²) < 4.78 is 0. The van der Waals surface area contributed by atoms with Crippen LogP contribution in [0.1, 0.15) is 50.5 Å². The van der Waals surface area contributed by atoms with Gasteiger partial charge in [0.05, 0.1) is 0 Å². The van der Waals surface area contributed by atoms with E-state index in [1.165, 1.54) is 30.6 Å². The van der Waals surface area contributed by atoms with Crippen LogP contribution in [0.3, 0.4) is 0 Å². The molecule has 2 fully saturated rings. The maximum atomic E-state index is 12.1. The van der Waals surface area contributed by atoms with E-state index < -0.39 is 0 Å². The summed E-state index contributed by atoms with van der Waals surface area (Å²) in [7, 11) is 4.05. The number of amides is 1. The molecule has 0 saturated carbocycles. The predicted octanol–water partition coefficient (Wildman–Crippen LogP) is 4.48. The third-order valence-electron chi connectivity index (χ3n) is 5.11. The molecule has 2 saturated heterocycles. The molecule has 1 amide bonds. The Balaban J connectivity index is 1.26. The molecule has 3 rings (SSSR count). The Morgan fingerprint density at radius 1 is 1.12 bits per heavy atom. The van der Waals surface area contributed by atoms with Crippen LogP contribution in [-0.2, 0) is 11.3 Å². The van der Waals surface area contributed by atoms with Gasteiger partial charge in [-0.25, -0.2) is 0 Å². The first-order valence-corrected chi connectivity index (χ1v) is 12.0. The highest BCUT2D eigenvalue weighted by Crippen LogP contribution is 2.39. The van der Waals surface area contributed by atoms with Crippen LogP contribution in [-0.4, -0.2) is 40.9 Å². The summed E-state index contributed by atoms with van der Waals surface area (Å²) in [5.74, 6) is 1.56. The van der Waals surface area contributed by atoms with Crippen molar-refractivity contribution in [2.45, 2.75) is 62.8 Å². The Hall–Kier alpha value is -0.650. The second-order valence-electron chi connectivity index (χ2n) is 7.18. The van der Waals surface area contributed by atoms with Crippen molar-refractivity contribution in [1.82, 2.24) is 10.2 Å². The van der Waals surface area contributed by atoms with Crippen molar-refractivity contribution < 1.29 is 4.79 Å². The highest BCUT2D eigenvalue weighted by Gasteiger charge is 2.21. The van der Waals surface area contributed by atoms with Crippen LogP contribution < -0.4 is 5.32 Å². The second kappa shape index (κ2) is 10.5. The summed E-state index contributed by atoms with van der Waals surface area (Å²) in [6.45, 7) is 3.19. The molecule has 1 aromatic rings. The number of nitrogens with one attached hydrogen (secondary N) is 1. The zero-order valence-electron chi connectivity index (χ0n) is 15.0. The van der Waals surface area contributed by atoms with E-state index in [1.54, 1.807) is 0 Å². The number of nitrogens with zero attached hydrogens (tertiary/aromatic N) is 1. The number of carbonyl (C=O) groups excluding carboxylic acids is 1. The van der Waals surface area contributed by atoms with E-state index in [9.17, 15) is 4.79 Å². The Morgan fingerprint density at radius 3 is 2.64 bits per heavy atom. The first-order valence-electron chi connectivity index (χ1n) is 9.63. The average molecular weight is 379 g/mol. The fourth-order valence-electron chi connectivity index (χ4n) is 3.60. The van der Waals surface area contributed by atoms with Gasteiger partial charge in [-0.15, -0.1) is 0 Å². The normalized spacial score (nSPS) is 22.2. The molecule has 2 aliphatic heterocycles. The van der Waals surface area contributed by atoms with Gasteiger partial charge in [0, 0.05) is 43.1 Å². The fraction of sp³-hybridized carbons (Fsp3) is 0.650. The van der Waals surface area contributed by atoms with Crippen LogP contribution >= 0.6 is 21.6 Å². The van der Waals surface area contributed by atoms with Crippen molar-refractivity contribution in [2.24, 2.45) is 0 Å². The van der Waals surface area contributed by atoms with Gasteiger partial charge in [-0.05, 0) is 37.7 Å². The minimum Gasteiger partial charge on any atom is -0.353 e. The standard InChI is InChI=1S/C20H30N2OS2/c23-20(9-5-4-8-19-12-15-24-25-19)21-18-10-13-22(14-11-18)16-17-6-2-1-3-7-17/h1-3,6-7,18-19H,4-5,8-16H2,(H,21,23)/t19-/m1/s1. The van der Waals surface area contributed by atoms with Crippen LogP contribution in [0, 0.1) is 0 Å². The lowest BCUT2D eigenvalue weighted by Crippen LogP contribution is -2.44. The van der Waals surface area contributed by atoms with E-state index in [4.69, 9.17) is 0 Å². The quantitative estimate of drug-likeness (QED) is 0.534. The second-order valence-corrected chi connectivity index (χ2v) is 9.97. The zero-order valence-corrected chi connectivity index (χ0v) is 16.6. The van der Waals surface area contributed by atoms with Gasteiger partial charge >= 0.3 is 0 Å². The van der Waals surface area contributed by atoms with Gasteiger partial charge in [0.2, 0.25) is 5.91 Å². The van der Waals surface area contributed by atoms with E-state index in [-0.39, 0.29) is 5.91 Å². The average Bonchev–Trinajstić information content (AvgIpc) is 3.15. The van der Waals surface area contributed by atoms with Gasteiger partial charge in [0.25, 0.3) is 0 Å².